The molecular formula is C14H27NOS. The molecule has 0 aliphatic heterocycles. The summed E-state index contributed by atoms with van der Waals surface area (Å²) in [7, 11) is 0. The third kappa shape index (κ3) is 4.53. The number of hydrogen-bond acceptors (Lipinski definition) is 2. The molecule has 0 aromatic heterocycles. The normalized spacial score (nSPS) is 17.9. The summed E-state index contributed by atoms with van der Waals surface area (Å²) < 4.78 is 0. The highest BCUT2D eigenvalue weighted by Crippen LogP contribution is 2.49. The van der Waals surface area contributed by atoms with Gasteiger partial charge in [-0.3, -0.25) is 4.79 Å². The fraction of sp³-hybridized carbons (Fsp3) is 0.929. The van der Waals surface area contributed by atoms with E-state index in [0.29, 0.717) is 24.2 Å². The van der Waals surface area contributed by atoms with Gasteiger partial charge in [0.05, 0.1) is 0 Å². The molecule has 0 aromatic rings. The van der Waals surface area contributed by atoms with Gasteiger partial charge < -0.3 is 5.32 Å². The van der Waals surface area contributed by atoms with Crippen molar-refractivity contribution in [2.45, 2.75) is 47.0 Å². The fourth-order valence-corrected chi connectivity index (χ4v) is 2.87. The van der Waals surface area contributed by atoms with E-state index in [1.54, 1.807) is 0 Å². The van der Waals surface area contributed by atoms with Crippen LogP contribution in [0.15, 0.2) is 0 Å². The first-order chi connectivity index (χ1) is 7.90. The van der Waals surface area contributed by atoms with E-state index < -0.39 is 0 Å². The second-order valence-electron chi connectivity index (χ2n) is 6.29. The number of thiol groups is 1. The maximum absolute atomic E-state index is 11.9. The lowest BCUT2D eigenvalue weighted by atomic mass is 9.85. The average molecular weight is 257 g/mol. The van der Waals surface area contributed by atoms with Crippen LogP contribution in [0.5, 0.6) is 0 Å². The number of carbonyl (C=O) groups excluding carboxylic acids is 1. The van der Waals surface area contributed by atoms with Crippen LogP contribution in [0.4, 0.5) is 0 Å². The largest absolute Gasteiger partial charge is 0.356 e. The summed E-state index contributed by atoms with van der Waals surface area (Å²) in [5.41, 5.74) is 0.234. The summed E-state index contributed by atoms with van der Waals surface area (Å²) in [6, 6.07) is 0. The molecule has 0 bridgehead atoms. The highest BCUT2D eigenvalue weighted by molar-refractivity contribution is 7.80. The number of hydrogen-bond donors (Lipinski definition) is 2. The van der Waals surface area contributed by atoms with E-state index >= 15 is 0 Å². The van der Waals surface area contributed by atoms with Gasteiger partial charge in [-0.25, -0.2) is 0 Å². The van der Waals surface area contributed by atoms with Gasteiger partial charge >= 0.3 is 0 Å². The zero-order valence-corrected chi connectivity index (χ0v) is 12.5. The minimum atomic E-state index is 0.211. The van der Waals surface area contributed by atoms with E-state index in [1.807, 2.05) is 0 Å². The Morgan fingerprint density at radius 1 is 1.24 bits per heavy atom. The highest BCUT2D eigenvalue weighted by Gasteiger charge is 2.42. The molecule has 1 rings (SSSR count). The van der Waals surface area contributed by atoms with E-state index in [-0.39, 0.29) is 11.3 Å². The van der Waals surface area contributed by atoms with Crippen molar-refractivity contribution in [3.05, 3.63) is 0 Å². The predicted octanol–water partition coefficient (Wildman–Crippen LogP) is 3.13. The molecule has 100 valence electrons. The van der Waals surface area contributed by atoms with Gasteiger partial charge in [-0.05, 0) is 41.8 Å². The van der Waals surface area contributed by atoms with Crippen LogP contribution in [-0.2, 0) is 4.79 Å². The van der Waals surface area contributed by atoms with Crippen LogP contribution in [0, 0.1) is 23.2 Å². The number of amides is 1. The first-order valence-corrected chi connectivity index (χ1v) is 7.41. The smallest absolute Gasteiger partial charge is 0.220 e. The molecule has 1 fully saturated rings. The Morgan fingerprint density at radius 3 is 2.12 bits per heavy atom. The van der Waals surface area contributed by atoms with Gasteiger partial charge in [0.15, 0.2) is 0 Å². The quantitative estimate of drug-likeness (QED) is 0.674. The van der Waals surface area contributed by atoms with E-state index in [1.165, 1.54) is 12.8 Å². The lowest BCUT2D eigenvalue weighted by Crippen LogP contribution is -2.35. The van der Waals surface area contributed by atoms with E-state index in [2.05, 4.69) is 45.6 Å². The van der Waals surface area contributed by atoms with Crippen molar-refractivity contribution in [1.29, 1.82) is 0 Å². The molecule has 1 N–H and O–H groups in total. The minimum Gasteiger partial charge on any atom is -0.356 e. The number of carbonyl (C=O) groups is 1. The van der Waals surface area contributed by atoms with Crippen molar-refractivity contribution < 1.29 is 4.79 Å². The van der Waals surface area contributed by atoms with Crippen LogP contribution < -0.4 is 5.32 Å². The Balaban J connectivity index is 2.31. The molecule has 0 atom stereocenters. The van der Waals surface area contributed by atoms with Gasteiger partial charge in [-0.15, -0.1) is 0 Å². The molecule has 0 unspecified atom stereocenters. The lowest BCUT2D eigenvalue weighted by molar-refractivity contribution is -0.122. The molecule has 0 saturated heterocycles. The van der Waals surface area contributed by atoms with Gasteiger partial charge in [0.25, 0.3) is 0 Å². The summed E-state index contributed by atoms with van der Waals surface area (Å²) in [5.74, 6) is 2.87. The van der Waals surface area contributed by atoms with E-state index in [9.17, 15) is 4.79 Å². The Morgan fingerprint density at radius 2 is 1.76 bits per heavy atom. The maximum atomic E-state index is 11.9. The number of rotatable bonds is 7. The molecule has 0 spiro atoms. The molecular weight excluding hydrogens is 230 g/mol. The lowest BCUT2D eigenvalue weighted by Gasteiger charge is -2.25. The van der Waals surface area contributed by atoms with Gasteiger partial charge in [-0.2, -0.15) is 12.6 Å². The van der Waals surface area contributed by atoms with Crippen LogP contribution >= 0.6 is 12.6 Å². The molecule has 1 aliphatic carbocycles. The van der Waals surface area contributed by atoms with Crippen molar-refractivity contribution in [3.8, 4) is 0 Å². The molecule has 1 saturated carbocycles. The van der Waals surface area contributed by atoms with Gasteiger partial charge in [0.1, 0.15) is 0 Å². The van der Waals surface area contributed by atoms with Crippen LogP contribution in [-0.4, -0.2) is 18.2 Å². The van der Waals surface area contributed by atoms with Crippen LogP contribution in [0.25, 0.3) is 0 Å². The SMILES string of the molecule is CC(C)C(CNC(=O)CC1(CS)CC1)C(C)C. The predicted molar refractivity (Wildman–Crippen MR) is 76.3 cm³/mol. The van der Waals surface area contributed by atoms with Gasteiger partial charge in [0.2, 0.25) is 5.91 Å². The zero-order valence-electron chi connectivity index (χ0n) is 11.6. The molecule has 2 nitrogen and oxygen atoms in total. The number of nitrogens with one attached hydrogen (secondary N) is 1. The molecule has 1 amide bonds. The third-order valence-corrected chi connectivity index (χ3v) is 4.75. The van der Waals surface area contributed by atoms with E-state index in [4.69, 9.17) is 0 Å². The zero-order chi connectivity index (χ0) is 13.1. The van der Waals surface area contributed by atoms with Crippen molar-refractivity contribution in [3.63, 3.8) is 0 Å². The first kappa shape index (κ1) is 14.9. The summed E-state index contributed by atoms with van der Waals surface area (Å²) in [6.45, 7) is 9.73. The summed E-state index contributed by atoms with van der Waals surface area (Å²) >= 11 is 4.33. The Hall–Kier alpha value is -0.180. The summed E-state index contributed by atoms with van der Waals surface area (Å²) in [6.07, 6.45) is 3.00. The summed E-state index contributed by atoms with van der Waals surface area (Å²) in [4.78, 5) is 11.9. The van der Waals surface area contributed by atoms with Crippen molar-refractivity contribution in [1.82, 2.24) is 5.32 Å². The van der Waals surface area contributed by atoms with Crippen molar-refractivity contribution in [2.75, 3.05) is 12.3 Å². The van der Waals surface area contributed by atoms with Crippen molar-refractivity contribution >= 4 is 18.5 Å². The van der Waals surface area contributed by atoms with Gasteiger partial charge in [-0.1, -0.05) is 27.7 Å². The van der Waals surface area contributed by atoms with Crippen molar-refractivity contribution in [2.24, 2.45) is 23.2 Å². The van der Waals surface area contributed by atoms with E-state index in [0.717, 1.165) is 12.3 Å². The topological polar surface area (TPSA) is 29.1 Å². The molecule has 0 radical (unpaired) electrons. The second-order valence-corrected chi connectivity index (χ2v) is 6.61. The Kier molecular flexibility index (Phi) is 5.36. The van der Waals surface area contributed by atoms with Crippen LogP contribution in [0.3, 0.4) is 0 Å². The molecule has 0 heterocycles. The van der Waals surface area contributed by atoms with Crippen LogP contribution in [0.1, 0.15) is 47.0 Å². The standard InChI is InChI=1S/C14H27NOS/c1-10(2)12(11(3)4)8-15-13(16)7-14(9-17)5-6-14/h10-12,17H,5-9H2,1-4H3,(H,15,16). The fourth-order valence-electron chi connectivity index (χ4n) is 2.44. The first-order valence-electron chi connectivity index (χ1n) is 6.78. The van der Waals surface area contributed by atoms with Crippen LogP contribution in [0.2, 0.25) is 0 Å². The molecule has 1 aliphatic rings. The maximum Gasteiger partial charge on any atom is 0.220 e. The third-order valence-electron chi connectivity index (χ3n) is 4.08. The summed E-state index contributed by atoms with van der Waals surface area (Å²) in [5, 5.41) is 3.10. The highest BCUT2D eigenvalue weighted by atomic mass is 32.1. The monoisotopic (exact) mass is 257 g/mol. The average Bonchev–Trinajstić information content (AvgIpc) is 2.97. The Labute approximate surface area is 111 Å². The minimum absolute atomic E-state index is 0.211. The Bertz CT molecular complexity index is 251. The van der Waals surface area contributed by atoms with Gasteiger partial charge in [0, 0.05) is 13.0 Å². The molecule has 17 heavy (non-hydrogen) atoms. The molecule has 3 heteroatoms. The second kappa shape index (κ2) is 6.12. The molecule has 0 aromatic carbocycles.